The molecule has 0 radical (unpaired) electrons. The summed E-state index contributed by atoms with van der Waals surface area (Å²) in [6.45, 7) is 1.94. The van der Waals surface area contributed by atoms with Crippen molar-refractivity contribution >= 4 is 17.0 Å². The second-order valence-corrected chi connectivity index (χ2v) is 3.30. The lowest BCUT2D eigenvalue weighted by Gasteiger charge is -2.10. The summed E-state index contributed by atoms with van der Waals surface area (Å²) in [6, 6.07) is 5.23. The largest absolute Gasteiger partial charge is 0.464 e. The van der Waals surface area contributed by atoms with Gasteiger partial charge in [0, 0.05) is 5.56 Å². The fourth-order valence-corrected chi connectivity index (χ4v) is 1.56. The predicted molar refractivity (Wildman–Crippen MR) is 57.7 cm³/mol. The number of para-hydroxylation sites is 1. The summed E-state index contributed by atoms with van der Waals surface area (Å²) in [6.07, 6.45) is 0.235. The third-order valence-corrected chi connectivity index (χ3v) is 2.29. The maximum Gasteiger partial charge on any atom is 0.339 e. The van der Waals surface area contributed by atoms with Crippen molar-refractivity contribution in [3.05, 3.63) is 30.1 Å². The van der Waals surface area contributed by atoms with E-state index in [9.17, 15) is 9.90 Å². The molecule has 5 nitrogen and oxygen atoms in total. The van der Waals surface area contributed by atoms with Gasteiger partial charge in [-0.15, -0.1) is 0 Å². The van der Waals surface area contributed by atoms with Crippen LogP contribution in [0.1, 0.15) is 18.6 Å². The Morgan fingerprint density at radius 3 is 3.19 bits per heavy atom. The molecule has 5 heteroatoms. The van der Waals surface area contributed by atoms with E-state index in [1.165, 1.54) is 6.33 Å². The number of imidazole rings is 1. The number of H-pyrrole nitrogens is 1. The van der Waals surface area contributed by atoms with Crippen LogP contribution in [0.3, 0.4) is 0 Å². The van der Waals surface area contributed by atoms with Gasteiger partial charge in [-0.1, -0.05) is 12.1 Å². The monoisotopic (exact) mass is 220 g/mol. The molecule has 1 aromatic heterocycles. The van der Waals surface area contributed by atoms with Crippen molar-refractivity contribution in [2.45, 2.75) is 13.0 Å². The smallest absolute Gasteiger partial charge is 0.339 e. The Hall–Kier alpha value is -1.88. The van der Waals surface area contributed by atoms with Gasteiger partial charge in [0.2, 0.25) is 0 Å². The Labute approximate surface area is 92.1 Å². The molecule has 0 aliphatic heterocycles. The molecule has 1 aromatic carbocycles. The summed E-state index contributed by atoms with van der Waals surface area (Å²) >= 11 is 0. The van der Waals surface area contributed by atoms with Crippen molar-refractivity contribution in [2.24, 2.45) is 0 Å². The molecular formula is C11H12N2O3. The molecule has 1 atom stereocenters. The molecule has 0 aliphatic carbocycles. The Morgan fingerprint density at radius 2 is 2.44 bits per heavy atom. The molecule has 0 saturated carbocycles. The van der Waals surface area contributed by atoms with Crippen LogP contribution in [-0.4, -0.2) is 27.7 Å². The summed E-state index contributed by atoms with van der Waals surface area (Å²) < 4.78 is 4.76. The SMILES string of the molecule is CCOC(=O)C(O)c1cccc2[nH]cnc12. The van der Waals surface area contributed by atoms with Crippen LogP contribution in [0.25, 0.3) is 11.0 Å². The number of carbonyl (C=O) groups excluding carboxylic acids is 1. The van der Waals surface area contributed by atoms with Gasteiger partial charge in [-0.05, 0) is 13.0 Å². The number of nitrogens with one attached hydrogen (secondary N) is 1. The van der Waals surface area contributed by atoms with Crippen LogP contribution in [0.15, 0.2) is 24.5 Å². The van der Waals surface area contributed by atoms with Gasteiger partial charge in [0.05, 0.1) is 24.0 Å². The minimum atomic E-state index is -1.29. The fraction of sp³-hybridized carbons (Fsp3) is 0.273. The summed E-state index contributed by atoms with van der Waals surface area (Å²) in [5.74, 6) is -0.655. The van der Waals surface area contributed by atoms with E-state index in [2.05, 4.69) is 9.97 Å². The molecule has 0 aliphatic rings. The number of carbonyl (C=O) groups is 1. The maximum absolute atomic E-state index is 11.4. The van der Waals surface area contributed by atoms with E-state index in [4.69, 9.17) is 4.74 Å². The minimum absolute atomic E-state index is 0.242. The van der Waals surface area contributed by atoms with Crippen molar-refractivity contribution in [1.29, 1.82) is 0 Å². The van der Waals surface area contributed by atoms with Crippen LogP contribution in [0, 0.1) is 0 Å². The molecule has 2 N–H and O–H groups in total. The van der Waals surface area contributed by atoms with Gasteiger partial charge in [-0.2, -0.15) is 0 Å². The van der Waals surface area contributed by atoms with E-state index in [0.717, 1.165) is 5.52 Å². The number of aliphatic hydroxyl groups excluding tert-OH is 1. The average Bonchev–Trinajstić information content (AvgIpc) is 2.76. The van der Waals surface area contributed by atoms with E-state index in [1.54, 1.807) is 19.1 Å². The van der Waals surface area contributed by atoms with E-state index < -0.39 is 12.1 Å². The Morgan fingerprint density at radius 1 is 1.62 bits per heavy atom. The quantitative estimate of drug-likeness (QED) is 0.761. The number of hydrogen-bond acceptors (Lipinski definition) is 4. The highest BCUT2D eigenvalue weighted by atomic mass is 16.5. The fourth-order valence-electron chi connectivity index (χ4n) is 1.56. The highest BCUT2D eigenvalue weighted by molar-refractivity contribution is 5.85. The van der Waals surface area contributed by atoms with Crippen LogP contribution in [0.2, 0.25) is 0 Å². The highest BCUT2D eigenvalue weighted by Crippen LogP contribution is 2.22. The zero-order valence-electron chi connectivity index (χ0n) is 8.80. The number of aromatic amines is 1. The van der Waals surface area contributed by atoms with E-state index >= 15 is 0 Å². The first-order valence-corrected chi connectivity index (χ1v) is 5.00. The molecule has 1 heterocycles. The van der Waals surface area contributed by atoms with Crippen LogP contribution in [0.4, 0.5) is 0 Å². The molecule has 0 fully saturated rings. The minimum Gasteiger partial charge on any atom is -0.464 e. The number of ether oxygens (including phenoxy) is 1. The zero-order chi connectivity index (χ0) is 11.5. The maximum atomic E-state index is 11.4. The van der Waals surface area contributed by atoms with Gasteiger partial charge in [-0.25, -0.2) is 9.78 Å². The third kappa shape index (κ3) is 1.77. The predicted octanol–water partition coefficient (Wildman–Crippen LogP) is 1.16. The summed E-state index contributed by atoms with van der Waals surface area (Å²) in [5.41, 5.74) is 1.82. The molecule has 2 aromatic rings. The lowest BCUT2D eigenvalue weighted by Crippen LogP contribution is -2.15. The number of nitrogens with zero attached hydrogens (tertiary/aromatic N) is 1. The number of aliphatic hydroxyl groups is 1. The Kier molecular flexibility index (Phi) is 2.87. The van der Waals surface area contributed by atoms with Gasteiger partial charge < -0.3 is 14.8 Å². The number of rotatable bonds is 3. The Bertz CT molecular complexity index is 507. The van der Waals surface area contributed by atoms with E-state index in [1.807, 2.05) is 6.07 Å². The van der Waals surface area contributed by atoms with Crippen LogP contribution >= 0.6 is 0 Å². The first-order valence-electron chi connectivity index (χ1n) is 5.00. The summed E-state index contributed by atoms with van der Waals surface area (Å²) in [5, 5.41) is 9.81. The van der Waals surface area contributed by atoms with Crippen molar-refractivity contribution in [3.8, 4) is 0 Å². The van der Waals surface area contributed by atoms with Crippen molar-refractivity contribution in [3.63, 3.8) is 0 Å². The molecule has 2 rings (SSSR count). The second-order valence-electron chi connectivity index (χ2n) is 3.30. The van der Waals surface area contributed by atoms with Gasteiger partial charge in [-0.3, -0.25) is 0 Å². The Balaban J connectivity index is 2.39. The molecular weight excluding hydrogens is 208 g/mol. The molecule has 16 heavy (non-hydrogen) atoms. The molecule has 1 unspecified atom stereocenters. The van der Waals surface area contributed by atoms with E-state index in [0.29, 0.717) is 11.1 Å². The third-order valence-electron chi connectivity index (χ3n) is 2.29. The number of aromatic nitrogens is 2. The average molecular weight is 220 g/mol. The standard InChI is InChI=1S/C11H12N2O3/c1-2-16-11(15)10(14)7-4-3-5-8-9(7)13-6-12-8/h3-6,10,14H,2H2,1H3,(H,12,13). The molecule has 0 saturated heterocycles. The number of esters is 1. The van der Waals surface area contributed by atoms with Crippen molar-refractivity contribution in [2.75, 3.05) is 6.61 Å². The number of benzene rings is 1. The van der Waals surface area contributed by atoms with Crippen LogP contribution < -0.4 is 0 Å². The normalized spacial score (nSPS) is 12.6. The van der Waals surface area contributed by atoms with Crippen molar-refractivity contribution < 1.29 is 14.6 Å². The molecule has 0 amide bonds. The molecule has 0 spiro atoms. The van der Waals surface area contributed by atoms with Crippen LogP contribution in [-0.2, 0) is 9.53 Å². The van der Waals surface area contributed by atoms with Crippen molar-refractivity contribution in [1.82, 2.24) is 9.97 Å². The van der Waals surface area contributed by atoms with Gasteiger partial charge >= 0.3 is 5.97 Å². The molecule has 84 valence electrons. The lowest BCUT2D eigenvalue weighted by atomic mass is 10.1. The van der Waals surface area contributed by atoms with Gasteiger partial charge in [0.15, 0.2) is 6.10 Å². The first kappa shape index (κ1) is 10.6. The summed E-state index contributed by atoms with van der Waals surface area (Å²) in [4.78, 5) is 18.4. The van der Waals surface area contributed by atoms with E-state index in [-0.39, 0.29) is 6.61 Å². The first-order chi connectivity index (χ1) is 7.74. The van der Waals surface area contributed by atoms with Gasteiger partial charge in [0.1, 0.15) is 0 Å². The molecule has 0 bridgehead atoms. The number of fused-ring (bicyclic) bond motifs is 1. The topological polar surface area (TPSA) is 75.2 Å². The van der Waals surface area contributed by atoms with Gasteiger partial charge in [0.25, 0.3) is 0 Å². The van der Waals surface area contributed by atoms with Crippen LogP contribution in [0.5, 0.6) is 0 Å². The second kappa shape index (κ2) is 4.32. The lowest BCUT2D eigenvalue weighted by molar-refractivity contribution is -0.153. The zero-order valence-corrected chi connectivity index (χ0v) is 8.80. The highest BCUT2D eigenvalue weighted by Gasteiger charge is 2.21. The summed E-state index contributed by atoms with van der Waals surface area (Å²) in [7, 11) is 0. The number of hydrogen-bond donors (Lipinski definition) is 2.